The van der Waals surface area contributed by atoms with Gasteiger partial charge in [-0.1, -0.05) is 18.2 Å². The van der Waals surface area contributed by atoms with E-state index in [0.717, 1.165) is 36.8 Å². The molecule has 8 heteroatoms. The number of urea groups is 1. The molecule has 0 spiro atoms. The van der Waals surface area contributed by atoms with Crippen LogP contribution in [0.5, 0.6) is 0 Å². The van der Waals surface area contributed by atoms with Gasteiger partial charge in [-0.3, -0.25) is 10.1 Å². The molecule has 0 aromatic carbocycles. The summed E-state index contributed by atoms with van der Waals surface area (Å²) >= 11 is 1.31. The second kappa shape index (κ2) is 6.55. The van der Waals surface area contributed by atoms with Crippen LogP contribution in [-0.4, -0.2) is 39.5 Å². The van der Waals surface area contributed by atoms with E-state index in [-0.39, 0.29) is 11.7 Å². The van der Waals surface area contributed by atoms with Crippen LogP contribution < -0.4 is 10.6 Å². The summed E-state index contributed by atoms with van der Waals surface area (Å²) in [5, 5.41) is 13.6. The van der Waals surface area contributed by atoms with Crippen molar-refractivity contribution in [3.63, 3.8) is 0 Å². The molecule has 2 N–H and O–H groups in total. The van der Waals surface area contributed by atoms with Gasteiger partial charge >= 0.3 is 6.03 Å². The fourth-order valence-corrected chi connectivity index (χ4v) is 2.70. The van der Waals surface area contributed by atoms with Crippen LogP contribution in [0.1, 0.15) is 25.1 Å². The third-order valence-corrected chi connectivity index (χ3v) is 3.85. The highest BCUT2D eigenvalue weighted by Gasteiger charge is 2.16. The Hall–Kier alpha value is -1.57. The van der Waals surface area contributed by atoms with Crippen molar-refractivity contribution in [1.82, 2.24) is 25.4 Å². The molecule has 104 valence electrons. The number of hydrogen-bond acceptors (Lipinski definition) is 5. The van der Waals surface area contributed by atoms with Gasteiger partial charge in [0.05, 0.1) is 5.75 Å². The smallest absolute Gasteiger partial charge is 0.321 e. The molecule has 3 amide bonds. The van der Waals surface area contributed by atoms with Gasteiger partial charge in [0.15, 0.2) is 5.16 Å². The summed E-state index contributed by atoms with van der Waals surface area (Å²) < 4.78 is 2.07. The quantitative estimate of drug-likeness (QED) is 0.791. The number of thioether (sulfide) groups is 1. The molecule has 1 aliphatic heterocycles. The predicted octanol–water partition coefficient (Wildman–Crippen LogP) is 0.552. The molecule has 0 saturated carbocycles. The van der Waals surface area contributed by atoms with E-state index < -0.39 is 6.03 Å². The summed E-state index contributed by atoms with van der Waals surface area (Å²) in [5.41, 5.74) is 0. The van der Waals surface area contributed by atoms with E-state index in [0.29, 0.717) is 0 Å². The van der Waals surface area contributed by atoms with Gasteiger partial charge < -0.3 is 9.88 Å². The molecule has 0 bridgehead atoms. The van der Waals surface area contributed by atoms with Crippen molar-refractivity contribution in [3.05, 3.63) is 5.82 Å². The van der Waals surface area contributed by atoms with Gasteiger partial charge in [0, 0.05) is 20.0 Å². The maximum absolute atomic E-state index is 11.5. The first-order valence-electron chi connectivity index (χ1n) is 6.27. The van der Waals surface area contributed by atoms with Crippen LogP contribution in [-0.2, 0) is 17.8 Å². The van der Waals surface area contributed by atoms with Crippen molar-refractivity contribution >= 4 is 23.7 Å². The van der Waals surface area contributed by atoms with Crippen LogP contribution in [0.3, 0.4) is 0 Å². The monoisotopic (exact) mass is 283 g/mol. The fraction of sp³-hybridized carbons (Fsp3) is 0.636. The minimum Gasteiger partial charge on any atom is -0.341 e. The number of hydrogen-bond donors (Lipinski definition) is 2. The Balaban J connectivity index is 1.91. The first-order valence-corrected chi connectivity index (χ1v) is 7.25. The summed E-state index contributed by atoms with van der Waals surface area (Å²) in [6, 6.07) is -0.495. The summed E-state index contributed by atoms with van der Waals surface area (Å²) in [6.45, 7) is 0.904. The van der Waals surface area contributed by atoms with E-state index in [9.17, 15) is 9.59 Å². The predicted molar refractivity (Wildman–Crippen MR) is 70.9 cm³/mol. The zero-order valence-electron chi connectivity index (χ0n) is 10.8. The zero-order valence-corrected chi connectivity index (χ0v) is 11.6. The van der Waals surface area contributed by atoms with Crippen molar-refractivity contribution in [1.29, 1.82) is 0 Å². The summed E-state index contributed by atoms with van der Waals surface area (Å²) in [6.07, 6.45) is 4.39. The third-order valence-electron chi connectivity index (χ3n) is 2.89. The maximum Gasteiger partial charge on any atom is 0.321 e. The summed E-state index contributed by atoms with van der Waals surface area (Å²) in [5.74, 6) is 0.813. The van der Waals surface area contributed by atoms with Gasteiger partial charge in [0.2, 0.25) is 5.91 Å². The number of imide groups is 1. The van der Waals surface area contributed by atoms with E-state index in [4.69, 9.17) is 0 Å². The number of nitrogens with zero attached hydrogens (tertiary/aromatic N) is 3. The van der Waals surface area contributed by atoms with Crippen LogP contribution in [0, 0.1) is 0 Å². The number of amides is 3. The summed E-state index contributed by atoms with van der Waals surface area (Å²) in [7, 11) is 1.47. The molecule has 0 unspecified atom stereocenters. The molecule has 0 aliphatic carbocycles. The lowest BCUT2D eigenvalue weighted by atomic mass is 10.2. The molecule has 2 heterocycles. The highest BCUT2D eigenvalue weighted by molar-refractivity contribution is 7.99. The molecule has 0 saturated heterocycles. The topological polar surface area (TPSA) is 88.9 Å². The molecular formula is C11H17N5O2S. The number of carbonyl (C=O) groups is 2. The van der Waals surface area contributed by atoms with Gasteiger partial charge in [-0.05, 0) is 12.8 Å². The van der Waals surface area contributed by atoms with Crippen molar-refractivity contribution in [2.24, 2.45) is 0 Å². The van der Waals surface area contributed by atoms with Crippen LogP contribution >= 0.6 is 11.8 Å². The number of carbonyl (C=O) groups excluding carboxylic acids is 2. The lowest BCUT2D eigenvalue weighted by Crippen LogP contribution is -2.38. The van der Waals surface area contributed by atoms with E-state index in [1.807, 2.05) is 0 Å². The average Bonchev–Trinajstić information content (AvgIpc) is 2.63. The Kier molecular flexibility index (Phi) is 4.78. The van der Waals surface area contributed by atoms with Crippen molar-refractivity contribution in [2.45, 2.75) is 37.4 Å². The molecule has 19 heavy (non-hydrogen) atoms. The Morgan fingerprint density at radius 1 is 1.32 bits per heavy atom. The van der Waals surface area contributed by atoms with Gasteiger partial charge in [-0.25, -0.2) is 4.79 Å². The molecular weight excluding hydrogens is 266 g/mol. The van der Waals surface area contributed by atoms with Crippen LogP contribution in [0.25, 0.3) is 0 Å². The number of nitrogens with one attached hydrogen (secondary N) is 2. The molecule has 0 atom stereocenters. The van der Waals surface area contributed by atoms with E-state index in [1.165, 1.54) is 25.2 Å². The van der Waals surface area contributed by atoms with Crippen LogP contribution in [0.15, 0.2) is 5.16 Å². The van der Waals surface area contributed by atoms with E-state index in [2.05, 4.69) is 25.4 Å². The van der Waals surface area contributed by atoms with Crippen LogP contribution in [0.2, 0.25) is 0 Å². The Bertz CT molecular complexity index is 474. The Labute approximate surface area is 115 Å². The standard InChI is InChI=1S/C11H17N5O2S/c1-12-10(18)13-9(17)7-19-11-15-14-8-5-3-2-4-6-16(8)11/h2-7H2,1H3,(H2,12,13,17,18). The normalized spacial score (nSPS) is 14.4. The SMILES string of the molecule is CNC(=O)NC(=O)CSc1nnc2n1CCCCC2. The Morgan fingerprint density at radius 2 is 2.16 bits per heavy atom. The molecule has 7 nitrogen and oxygen atoms in total. The third kappa shape index (κ3) is 3.69. The van der Waals surface area contributed by atoms with Crippen LogP contribution in [0.4, 0.5) is 4.79 Å². The average molecular weight is 283 g/mol. The maximum atomic E-state index is 11.5. The van der Waals surface area contributed by atoms with Gasteiger partial charge in [0.25, 0.3) is 0 Å². The summed E-state index contributed by atoms with van der Waals surface area (Å²) in [4.78, 5) is 22.5. The molecule has 2 rings (SSSR count). The molecule has 0 radical (unpaired) electrons. The zero-order chi connectivity index (χ0) is 13.7. The second-order valence-electron chi connectivity index (χ2n) is 4.28. The molecule has 1 aliphatic rings. The minimum absolute atomic E-state index is 0.158. The largest absolute Gasteiger partial charge is 0.341 e. The van der Waals surface area contributed by atoms with Crippen molar-refractivity contribution < 1.29 is 9.59 Å². The number of rotatable bonds is 3. The minimum atomic E-state index is -0.495. The lowest BCUT2D eigenvalue weighted by molar-refractivity contribution is -0.117. The first kappa shape index (κ1) is 13.9. The van der Waals surface area contributed by atoms with Crippen molar-refractivity contribution in [3.8, 4) is 0 Å². The van der Waals surface area contributed by atoms with Gasteiger partial charge in [-0.2, -0.15) is 0 Å². The number of aryl methyl sites for hydroxylation is 1. The number of aromatic nitrogens is 3. The van der Waals surface area contributed by atoms with Crippen molar-refractivity contribution in [2.75, 3.05) is 12.8 Å². The second-order valence-corrected chi connectivity index (χ2v) is 5.22. The fourth-order valence-electron chi connectivity index (χ4n) is 1.92. The van der Waals surface area contributed by atoms with E-state index >= 15 is 0 Å². The molecule has 1 aromatic heterocycles. The lowest BCUT2D eigenvalue weighted by Gasteiger charge is -2.06. The Morgan fingerprint density at radius 3 is 2.95 bits per heavy atom. The highest BCUT2D eigenvalue weighted by atomic mass is 32.2. The van der Waals surface area contributed by atoms with Gasteiger partial charge in [0.1, 0.15) is 5.82 Å². The molecule has 0 fully saturated rings. The first-order chi connectivity index (χ1) is 9.20. The number of fused-ring (bicyclic) bond motifs is 1. The highest BCUT2D eigenvalue weighted by Crippen LogP contribution is 2.21. The van der Waals surface area contributed by atoms with Gasteiger partial charge in [-0.15, -0.1) is 10.2 Å². The molecule has 1 aromatic rings. The van der Waals surface area contributed by atoms with E-state index in [1.54, 1.807) is 0 Å².